The molecule has 4 rings (SSSR count). The minimum atomic E-state index is 0.000828. The number of nitrogens with one attached hydrogen (secondary N) is 1. The maximum atomic E-state index is 13.2. The number of carbonyl (C=O) groups is 1. The first-order valence-corrected chi connectivity index (χ1v) is 11.6. The highest BCUT2D eigenvalue weighted by Crippen LogP contribution is 2.31. The molecule has 1 saturated carbocycles. The normalized spacial score (nSPS) is 18.9. The van der Waals surface area contributed by atoms with Crippen LogP contribution in [0.3, 0.4) is 0 Å². The zero-order valence-electron chi connectivity index (χ0n) is 17.6. The van der Waals surface area contributed by atoms with Crippen LogP contribution >= 0.6 is 11.8 Å². The molecule has 1 aliphatic carbocycles. The number of fused-ring (bicyclic) bond motifs is 1. The van der Waals surface area contributed by atoms with Crippen molar-refractivity contribution >= 4 is 28.6 Å². The Morgan fingerprint density at radius 2 is 1.90 bits per heavy atom. The highest BCUT2D eigenvalue weighted by molar-refractivity contribution is 7.99. The number of ether oxygens (including phenoxy) is 1. The molecule has 5 heteroatoms. The third kappa shape index (κ3) is 4.78. The monoisotopic (exact) mass is 420 g/mol. The second-order valence-electron chi connectivity index (χ2n) is 7.87. The van der Waals surface area contributed by atoms with Gasteiger partial charge < -0.3 is 10.1 Å². The third-order valence-corrected chi connectivity index (χ3v) is 6.65. The number of hydrogen-bond donors (Lipinski definition) is 1. The van der Waals surface area contributed by atoms with Gasteiger partial charge in [-0.05, 0) is 62.1 Å². The highest BCUT2D eigenvalue weighted by atomic mass is 32.2. The van der Waals surface area contributed by atoms with Crippen LogP contribution in [0.4, 0.5) is 0 Å². The first kappa shape index (κ1) is 20.7. The SMILES string of the molecule is CCOc1ccc(Sc2cc(C(=O)NC3CCCCC3C)c3ccccc3n2)cc1. The van der Waals surface area contributed by atoms with E-state index in [1.54, 1.807) is 11.8 Å². The number of benzene rings is 2. The van der Waals surface area contributed by atoms with Crippen molar-refractivity contribution in [2.75, 3.05) is 6.61 Å². The van der Waals surface area contributed by atoms with Gasteiger partial charge in [0.2, 0.25) is 0 Å². The largest absolute Gasteiger partial charge is 0.494 e. The van der Waals surface area contributed by atoms with Crippen LogP contribution in [0.25, 0.3) is 10.9 Å². The molecule has 2 atom stereocenters. The fourth-order valence-corrected chi connectivity index (χ4v) is 4.89. The lowest BCUT2D eigenvalue weighted by molar-refractivity contribution is 0.0911. The van der Waals surface area contributed by atoms with Crippen molar-refractivity contribution < 1.29 is 9.53 Å². The van der Waals surface area contributed by atoms with Gasteiger partial charge in [0.15, 0.2) is 0 Å². The minimum Gasteiger partial charge on any atom is -0.494 e. The Bertz CT molecular complexity index is 1020. The summed E-state index contributed by atoms with van der Waals surface area (Å²) in [5, 5.41) is 5.01. The number of pyridine rings is 1. The number of nitrogens with zero attached hydrogens (tertiary/aromatic N) is 1. The summed E-state index contributed by atoms with van der Waals surface area (Å²) in [5.74, 6) is 1.38. The molecule has 0 bridgehead atoms. The quantitative estimate of drug-likeness (QED) is 0.524. The van der Waals surface area contributed by atoms with Crippen LogP contribution in [0.2, 0.25) is 0 Å². The smallest absolute Gasteiger partial charge is 0.252 e. The molecule has 1 N–H and O–H groups in total. The Balaban J connectivity index is 1.61. The van der Waals surface area contributed by atoms with Crippen molar-refractivity contribution in [3.8, 4) is 5.75 Å². The van der Waals surface area contributed by atoms with Crippen LogP contribution < -0.4 is 10.1 Å². The van der Waals surface area contributed by atoms with Crippen LogP contribution in [0.1, 0.15) is 49.9 Å². The average molecular weight is 421 g/mol. The molecule has 2 aromatic carbocycles. The topological polar surface area (TPSA) is 51.2 Å². The van der Waals surface area contributed by atoms with Gasteiger partial charge in [0.25, 0.3) is 5.91 Å². The summed E-state index contributed by atoms with van der Waals surface area (Å²) >= 11 is 1.56. The molecule has 1 aromatic heterocycles. The summed E-state index contributed by atoms with van der Waals surface area (Å²) in [6.45, 7) is 4.86. The van der Waals surface area contributed by atoms with Crippen molar-refractivity contribution in [1.82, 2.24) is 10.3 Å². The molecule has 1 heterocycles. The van der Waals surface area contributed by atoms with Crippen molar-refractivity contribution in [2.24, 2.45) is 5.92 Å². The van der Waals surface area contributed by atoms with Crippen LogP contribution in [-0.2, 0) is 0 Å². The van der Waals surface area contributed by atoms with Crippen molar-refractivity contribution in [1.29, 1.82) is 0 Å². The van der Waals surface area contributed by atoms with E-state index in [2.05, 4.69) is 12.2 Å². The lowest BCUT2D eigenvalue weighted by Gasteiger charge is -2.29. The lowest BCUT2D eigenvalue weighted by Crippen LogP contribution is -2.41. The second kappa shape index (κ2) is 9.52. The van der Waals surface area contributed by atoms with E-state index in [1.807, 2.05) is 61.5 Å². The highest BCUT2D eigenvalue weighted by Gasteiger charge is 2.24. The minimum absolute atomic E-state index is 0.000828. The number of hydrogen-bond acceptors (Lipinski definition) is 4. The zero-order valence-corrected chi connectivity index (χ0v) is 18.4. The fourth-order valence-electron chi connectivity index (χ4n) is 4.06. The molecule has 0 radical (unpaired) electrons. The predicted octanol–water partition coefficient (Wildman–Crippen LogP) is 6.09. The molecule has 0 aliphatic heterocycles. The van der Waals surface area contributed by atoms with Gasteiger partial charge in [-0.3, -0.25) is 4.79 Å². The molecular weight excluding hydrogens is 392 g/mol. The summed E-state index contributed by atoms with van der Waals surface area (Å²) in [6, 6.07) is 18.0. The zero-order chi connectivity index (χ0) is 20.9. The van der Waals surface area contributed by atoms with E-state index in [1.165, 1.54) is 19.3 Å². The Labute approximate surface area is 182 Å². The average Bonchev–Trinajstić information content (AvgIpc) is 2.76. The first-order chi connectivity index (χ1) is 14.6. The van der Waals surface area contributed by atoms with Crippen molar-refractivity contribution in [3.05, 3.63) is 60.2 Å². The van der Waals surface area contributed by atoms with Crippen LogP contribution in [0, 0.1) is 5.92 Å². The Morgan fingerprint density at radius 3 is 2.67 bits per heavy atom. The third-order valence-electron chi connectivity index (χ3n) is 5.72. The van der Waals surface area contributed by atoms with Crippen molar-refractivity contribution in [3.63, 3.8) is 0 Å². The van der Waals surface area contributed by atoms with Gasteiger partial charge in [-0.25, -0.2) is 4.98 Å². The summed E-state index contributed by atoms with van der Waals surface area (Å²) in [7, 11) is 0. The molecule has 2 unspecified atom stereocenters. The molecule has 3 aromatic rings. The fraction of sp³-hybridized carbons (Fsp3) is 0.360. The van der Waals surface area contributed by atoms with E-state index in [-0.39, 0.29) is 11.9 Å². The summed E-state index contributed by atoms with van der Waals surface area (Å²) in [5.41, 5.74) is 1.54. The van der Waals surface area contributed by atoms with Gasteiger partial charge in [0.05, 0.1) is 17.7 Å². The van der Waals surface area contributed by atoms with Crippen LogP contribution in [-0.4, -0.2) is 23.5 Å². The Kier molecular flexibility index (Phi) is 6.58. The van der Waals surface area contributed by atoms with Crippen LogP contribution in [0.15, 0.2) is 64.5 Å². The Morgan fingerprint density at radius 1 is 1.13 bits per heavy atom. The molecule has 30 heavy (non-hydrogen) atoms. The number of rotatable bonds is 6. The second-order valence-corrected chi connectivity index (χ2v) is 8.97. The summed E-state index contributed by atoms with van der Waals surface area (Å²) in [4.78, 5) is 19.1. The van der Waals surface area contributed by atoms with E-state index < -0.39 is 0 Å². The lowest BCUT2D eigenvalue weighted by atomic mass is 9.86. The molecule has 4 nitrogen and oxygen atoms in total. The number of para-hydroxylation sites is 1. The number of carbonyl (C=O) groups excluding carboxylic acids is 1. The predicted molar refractivity (Wildman–Crippen MR) is 122 cm³/mol. The molecule has 1 fully saturated rings. The molecule has 156 valence electrons. The molecule has 0 saturated heterocycles. The molecule has 1 aliphatic rings. The molecule has 1 amide bonds. The van der Waals surface area contributed by atoms with E-state index in [9.17, 15) is 4.79 Å². The van der Waals surface area contributed by atoms with Gasteiger partial charge in [-0.1, -0.05) is 49.7 Å². The first-order valence-electron chi connectivity index (χ1n) is 10.8. The number of amides is 1. The number of aromatic nitrogens is 1. The summed E-state index contributed by atoms with van der Waals surface area (Å²) < 4.78 is 5.52. The van der Waals surface area contributed by atoms with E-state index in [0.29, 0.717) is 18.1 Å². The Hall–Kier alpha value is -2.53. The van der Waals surface area contributed by atoms with E-state index in [4.69, 9.17) is 9.72 Å². The molecule has 0 spiro atoms. The maximum Gasteiger partial charge on any atom is 0.252 e. The van der Waals surface area contributed by atoms with Gasteiger partial charge >= 0.3 is 0 Å². The van der Waals surface area contributed by atoms with Gasteiger partial charge in [-0.15, -0.1) is 0 Å². The van der Waals surface area contributed by atoms with Gasteiger partial charge in [0.1, 0.15) is 10.8 Å². The van der Waals surface area contributed by atoms with Crippen molar-refractivity contribution in [2.45, 2.75) is 55.5 Å². The van der Waals surface area contributed by atoms with E-state index >= 15 is 0 Å². The van der Waals surface area contributed by atoms with Crippen LogP contribution in [0.5, 0.6) is 5.75 Å². The standard InChI is InChI=1S/C25H28N2O2S/c1-3-29-18-12-14-19(15-13-18)30-24-16-21(20-9-5-7-11-23(20)26-24)25(28)27-22-10-6-4-8-17(22)2/h5,7,9,11-17,22H,3-4,6,8,10H2,1-2H3,(H,27,28). The summed E-state index contributed by atoms with van der Waals surface area (Å²) in [6.07, 6.45) is 4.68. The van der Waals surface area contributed by atoms with E-state index in [0.717, 1.165) is 33.0 Å². The van der Waals surface area contributed by atoms with Gasteiger partial charge in [-0.2, -0.15) is 0 Å². The van der Waals surface area contributed by atoms with Gasteiger partial charge in [0, 0.05) is 16.3 Å². The maximum absolute atomic E-state index is 13.2. The molecular formula is C25H28N2O2S.